The summed E-state index contributed by atoms with van der Waals surface area (Å²) in [7, 11) is 0. The number of ketones is 1. The Labute approximate surface area is 131 Å². The number of hydrogen-bond acceptors (Lipinski definition) is 4. The molecule has 0 saturated heterocycles. The lowest BCUT2D eigenvalue weighted by Crippen LogP contribution is -2.17. The molecule has 0 spiro atoms. The van der Waals surface area contributed by atoms with Crippen LogP contribution in [0.2, 0.25) is 0 Å². The molecule has 1 aromatic rings. The quantitative estimate of drug-likeness (QED) is 0.292. The van der Waals surface area contributed by atoms with Crippen LogP contribution in [0.1, 0.15) is 56.8 Å². The van der Waals surface area contributed by atoms with Crippen molar-refractivity contribution in [2.24, 2.45) is 0 Å². The van der Waals surface area contributed by atoms with Crippen molar-refractivity contribution < 1.29 is 14.3 Å². The fourth-order valence-electron chi connectivity index (χ4n) is 1.78. The molecule has 0 aliphatic carbocycles. The van der Waals surface area contributed by atoms with E-state index in [-0.39, 0.29) is 17.0 Å². The van der Waals surface area contributed by atoms with Gasteiger partial charge in [-0.25, -0.2) is 0 Å². The van der Waals surface area contributed by atoms with Gasteiger partial charge < -0.3 is 4.74 Å². The second-order valence-corrected chi connectivity index (χ2v) is 6.39. The standard InChI is InChI=1S/C17H24O3S/c1-4-6-12-20-17(19)13(3)21-15-10-8-14(9-11-15)16(18)7-5-2/h8-11,13H,4-7,12H2,1-3H3. The zero-order valence-corrected chi connectivity index (χ0v) is 13.9. The maximum atomic E-state index is 11.8. The van der Waals surface area contributed by atoms with Crippen LogP contribution in [0.3, 0.4) is 0 Å². The first-order valence-electron chi connectivity index (χ1n) is 7.55. The van der Waals surface area contributed by atoms with Crippen molar-refractivity contribution in [3.8, 4) is 0 Å². The lowest BCUT2D eigenvalue weighted by Gasteiger charge is -2.11. The molecule has 0 amide bonds. The predicted molar refractivity (Wildman–Crippen MR) is 86.9 cm³/mol. The van der Waals surface area contributed by atoms with E-state index in [2.05, 4.69) is 6.92 Å². The molecule has 1 rings (SSSR count). The molecule has 0 aliphatic rings. The summed E-state index contributed by atoms with van der Waals surface area (Å²) in [5, 5.41) is -0.237. The Morgan fingerprint density at radius 1 is 1.14 bits per heavy atom. The summed E-state index contributed by atoms with van der Waals surface area (Å²) in [5.41, 5.74) is 0.736. The fraction of sp³-hybridized carbons (Fsp3) is 0.529. The number of benzene rings is 1. The van der Waals surface area contributed by atoms with Gasteiger partial charge >= 0.3 is 5.97 Å². The normalized spacial score (nSPS) is 12.0. The van der Waals surface area contributed by atoms with Gasteiger partial charge in [-0.1, -0.05) is 32.4 Å². The van der Waals surface area contributed by atoms with Crippen LogP contribution in [-0.4, -0.2) is 23.6 Å². The number of esters is 1. The first-order chi connectivity index (χ1) is 10.1. The van der Waals surface area contributed by atoms with E-state index < -0.39 is 0 Å². The highest BCUT2D eigenvalue weighted by atomic mass is 32.2. The topological polar surface area (TPSA) is 43.4 Å². The lowest BCUT2D eigenvalue weighted by molar-refractivity contribution is -0.142. The van der Waals surface area contributed by atoms with Gasteiger partial charge in [-0.15, -0.1) is 11.8 Å². The van der Waals surface area contributed by atoms with Gasteiger partial charge in [-0.2, -0.15) is 0 Å². The van der Waals surface area contributed by atoms with Crippen LogP contribution in [-0.2, 0) is 9.53 Å². The summed E-state index contributed by atoms with van der Waals surface area (Å²) in [6.07, 6.45) is 3.35. The summed E-state index contributed by atoms with van der Waals surface area (Å²) in [5.74, 6) is -0.0133. The minimum atomic E-state index is -0.237. The fourth-order valence-corrected chi connectivity index (χ4v) is 2.64. The van der Waals surface area contributed by atoms with Crippen molar-refractivity contribution in [2.75, 3.05) is 6.61 Å². The van der Waals surface area contributed by atoms with Gasteiger partial charge in [0, 0.05) is 16.9 Å². The highest BCUT2D eigenvalue weighted by Crippen LogP contribution is 2.24. The second kappa shape index (κ2) is 9.61. The minimum Gasteiger partial charge on any atom is -0.465 e. The first-order valence-corrected chi connectivity index (χ1v) is 8.43. The summed E-state index contributed by atoms with van der Waals surface area (Å²) in [6, 6.07) is 7.44. The predicted octanol–water partition coefficient (Wildman–Crippen LogP) is 4.49. The Hall–Kier alpha value is -1.29. The maximum absolute atomic E-state index is 11.8. The Morgan fingerprint density at radius 2 is 1.81 bits per heavy atom. The molecular weight excluding hydrogens is 284 g/mol. The molecule has 1 aromatic carbocycles. The average Bonchev–Trinajstić information content (AvgIpc) is 2.48. The Balaban J connectivity index is 2.51. The maximum Gasteiger partial charge on any atom is 0.319 e. The molecule has 1 atom stereocenters. The highest BCUT2D eigenvalue weighted by Gasteiger charge is 2.16. The van der Waals surface area contributed by atoms with Crippen LogP contribution in [0.4, 0.5) is 0 Å². The molecule has 0 heterocycles. The van der Waals surface area contributed by atoms with E-state index >= 15 is 0 Å². The SMILES string of the molecule is CCCCOC(=O)C(C)Sc1ccc(C(=O)CCC)cc1. The molecule has 0 N–H and O–H groups in total. The van der Waals surface area contributed by atoms with Gasteiger partial charge in [0.1, 0.15) is 5.25 Å². The molecule has 4 heteroatoms. The molecule has 0 aromatic heterocycles. The van der Waals surface area contributed by atoms with E-state index in [0.717, 1.165) is 29.7 Å². The number of carbonyl (C=O) groups excluding carboxylic acids is 2. The Kier molecular flexibility index (Phi) is 8.13. The lowest BCUT2D eigenvalue weighted by atomic mass is 10.1. The molecule has 0 aliphatic heterocycles. The van der Waals surface area contributed by atoms with Gasteiger partial charge in [0.15, 0.2) is 5.78 Å². The Bertz CT molecular complexity index is 454. The van der Waals surface area contributed by atoms with Crippen LogP contribution < -0.4 is 0 Å². The van der Waals surface area contributed by atoms with Crippen LogP contribution in [0.5, 0.6) is 0 Å². The summed E-state index contributed by atoms with van der Waals surface area (Å²) < 4.78 is 5.20. The van der Waals surface area contributed by atoms with Gasteiger partial charge in [0.25, 0.3) is 0 Å². The number of ether oxygens (including phenoxy) is 1. The average molecular weight is 308 g/mol. The number of rotatable bonds is 9. The van der Waals surface area contributed by atoms with Gasteiger partial charge in [-0.3, -0.25) is 9.59 Å². The summed E-state index contributed by atoms with van der Waals surface area (Å²) in [4.78, 5) is 24.5. The third-order valence-electron chi connectivity index (χ3n) is 3.04. The molecule has 116 valence electrons. The zero-order chi connectivity index (χ0) is 15.7. The highest BCUT2D eigenvalue weighted by molar-refractivity contribution is 8.00. The Morgan fingerprint density at radius 3 is 2.38 bits per heavy atom. The molecule has 21 heavy (non-hydrogen) atoms. The van der Waals surface area contributed by atoms with Crippen LogP contribution in [0.15, 0.2) is 29.2 Å². The smallest absolute Gasteiger partial charge is 0.319 e. The van der Waals surface area contributed by atoms with Crippen LogP contribution in [0, 0.1) is 0 Å². The van der Waals surface area contributed by atoms with E-state index in [0.29, 0.717) is 13.0 Å². The van der Waals surface area contributed by atoms with Crippen molar-refractivity contribution in [3.63, 3.8) is 0 Å². The second-order valence-electron chi connectivity index (χ2n) is 4.98. The van der Waals surface area contributed by atoms with E-state index in [9.17, 15) is 9.59 Å². The molecule has 0 fully saturated rings. The third-order valence-corrected chi connectivity index (χ3v) is 4.13. The zero-order valence-electron chi connectivity index (χ0n) is 13.1. The number of unbranched alkanes of at least 4 members (excludes halogenated alkanes) is 1. The van der Waals surface area contributed by atoms with Crippen molar-refractivity contribution in [3.05, 3.63) is 29.8 Å². The van der Waals surface area contributed by atoms with Crippen molar-refractivity contribution in [1.82, 2.24) is 0 Å². The van der Waals surface area contributed by atoms with Crippen molar-refractivity contribution >= 4 is 23.5 Å². The number of carbonyl (C=O) groups is 2. The molecule has 0 saturated carbocycles. The minimum absolute atomic E-state index is 0.168. The van der Waals surface area contributed by atoms with Crippen molar-refractivity contribution in [1.29, 1.82) is 0 Å². The van der Waals surface area contributed by atoms with Gasteiger partial charge in [0.05, 0.1) is 6.61 Å². The van der Waals surface area contributed by atoms with Crippen LogP contribution >= 0.6 is 11.8 Å². The molecule has 3 nitrogen and oxygen atoms in total. The number of thioether (sulfide) groups is 1. The van der Waals surface area contributed by atoms with E-state index in [1.807, 2.05) is 38.1 Å². The largest absolute Gasteiger partial charge is 0.465 e. The van der Waals surface area contributed by atoms with E-state index in [4.69, 9.17) is 4.74 Å². The molecule has 1 unspecified atom stereocenters. The number of hydrogen-bond donors (Lipinski definition) is 0. The van der Waals surface area contributed by atoms with Crippen molar-refractivity contribution in [2.45, 2.75) is 56.6 Å². The molecule has 0 bridgehead atoms. The molecular formula is C17H24O3S. The summed E-state index contributed by atoms with van der Waals surface area (Å²) in [6.45, 7) is 6.39. The van der Waals surface area contributed by atoms with E-state index in [1.54, 1.807) is 0 Å². The first kappa shape index (κ1) is 17.8. The van der Waals surface area contributed by atoms with E-state index in [1.165, 1.54) is 11.8 Å². The summed E-state index contributed by atoms with van der Waals surface area (Å²) >= 11 is 1.46. The third kappa shape index (κ3) is 6.34. The number of Topliss-reactive ketones (excluding diaryl/α,β-unsaturated/α-hetero) is 1. The monoisotopic (exact) mass is 308 g/mol. The molecule has 0 radical (unpaired) electrons. The van der Waals surface area contributed by atoms with Crippen LogP contribution in [0.25, 0.3) is 0 Å². The van der Waals surface area contributed by atoms with Gasteiger partial charge in [-0.05, 0) is 31.9 Å². The van der Waals surface area contributed by atoms with Gasteiger partial charge in [0.2, 0.25) is 0 Å².